The van der Waals surface area contributed by atoms with Gasteiger partial charge >= 0.3 is 6.03 Å². The predicted octanol–water partition coefficient (Wildman–Crippen LogP) is 3.17. The van der Waals surface area contributed by atoms with Crippen LogP contribution in [-0.4, -0.2) is 35.6 Å². The van der Waals surface area contributed by atoms with Crippen molar-refractivity contribution in [3.05, 3.63) is 47.9 Å². The lowest BCUT2D eigenvalue weighted by atomic mass is 9.97. The van der Waals surface area contributed by atoms with E-state index in [9.17, 15) is 4.79 Å². The molecule has 1 fully saturated rings. The largest absolute Gasteiger partial charge is 0.355 e. The van der Waals surface area contributed by atoms with Crippen molar-refractivity contribution >= 4 is 29.1 Å². The first-order valence-electron chi connectivity index (χ1n) is 8.03. The molecule has 2 N–H and O–H groups in total. The molecule has 1 aliphatic rings. The van der Waals surface area contributed by atoms with Crippen molar-refractivity contribution in [2.24, 2.45) is 5.92 Å². The monoisotopic (exact) mass is 345 g/mol. The maximum atomic E-state index is 12.0. The van der Waals surface area contributed by atoms with Crippen molar-refractivity contribution in [3.8, 4) is 0 Å². The number of urea groups is 1. The van der Waals surface area contributed by atoms with Crippen LogP contribution in [0.4, 0.5) is 16.3 Å². The number of nitrogens with zero attached hydrogens (tertiary/aromatic N) is 3. The molecule has 1 aromatic heterocycles. The maximum Gasteiger partial charge on any atom is 0.319 e. The van der Waals surface area contributed by atoms with Gasteiger partial charge in [-0.2, -0.15) is 0 Å². The molecule has 0 radical (unpaired) electrons. The Morgan fingerprint density at radius 2 is 2.04 bits per heavy atom. The van der Waals surface area contributed by atoms with Gasteiger partial charge in [0.1, 0.15) is 5.82 Å². The highest BCUT2D eigenvalue weighted by molar-refractivity contribution is 6.33. The molecule has 2 amide bonds. The zero-order valence-corrected chi connectivity index (χ0v) is 14.0. The summed E-state index contributed by atoms with van der Waals surface area (Å²) in [5, 5.41) is 6.23. The number of hydrogen-bond donors (Lipinski definition) is 2. The lowest BCUT2D eigenvalue weighted by Crippen LogP contribution is -2.40. The van der Waals surface area contributed by atoms with E-state index in [0.29, 0.717) is 23.2 Å². The Kier molecular flexibility index (Phi) is 5.48. The normalized spacial score (nSPS) is 15.1. The van der Waals surface area contributed by atoms with E-state index in [4.69, 9.17) is 11.6 Å². The molecule has 0 bridgehead atoms. The molecule has 0 spiro atoms. The molecule has 1 saturated heterocycles. The number of amides is 2. The van der Waals surface area contributed by atoms with Crippen LogP contribution in [0.25, 0.3) is 0 Å². The fraction of sp³-hybridized carbons (Fsp3) is 0.353. The summed E-state index contributed by atoms with van der Waals surface area (Å²) in [5.74, 6) is 1.38. The van der Waals surface area contributed by atoms with Gasteiger partial charge in [-0.25, -0.2) is 9.78 Å². The second-order valence-corrected chi connectivity index (χ2v) is 6.22. The van der Waals surface area contributed by atoms with Crippen LogP contribution in [0.2, 0.25) is 5.02 Å². The summed E-state index contributed by atoms with van der Waals surface area (Å²) < 4.78 is 0. The number of anilines is 2. The highest BCUT2D eigenvalue weighted by atomic mass is 35.5. The van der Waals surface area contributed by atoms with E-state index >= 15 is 0 Å². The Hall–Kier alpha value is -2.34. The van der Waals surface area contributed by atoms with Gasteiger partial charge in [-0.15, -0.1) is 0 Å². The Balaban J connectivity index is 1.42. The number of nitrogens with one attached hydrogen (secondary N) is 2. The van der Waals surface area contributed by atoms with Gasteiger partial charge in [0.05, 0.1) is 16.9 Å². The quantitative estimate of drug-likeness (QED) is 0.893. The minimum atomic E-state index is -0.223. The lowest BCUT2D eigenvalue weighted by Gasteiger charge is -2.32. The van der Waals surface area contributed by atoms with Gasteiger partial charge in [0.15, 0.2) is 0 Å². The third-order valence-corrected chi connectivity index (χ3v) is 4.49. The molecule has 6 nitrogen and oxygen atoms in total. The van der Waals surface area contributed by atoms with Crippen molar-refractivity contribution < 1.29 is 4.79 Å². The molecular weight excluding hydrogens is 326 g/mol. The minimum Gasteiger partial charge on any atom is -0.355 e. The van der Waals surface area contributed by atoms with Crippen molar-refractivity contribution in [3.63, 3.8) is 0 Å². The fourth-order valence-electron chi connectivity index (χ4n) is 2.79. The molecule has 2 aromatic rings. The Morgan fingerprint density at radius 3 is 2.75 bits per heavy atom. The standard InChI is InChI=1S/C17H20ClN5O/c18-14-3-1-2-4-15(14)22-17(24)21-11-13-5-9-23(10-6-13)16-12-19-7-8-20-16/h1-4,7-8,12-13H,5-6,9-11H2,(H2,21,22,24). The molecule has 1 aliphatic heterocycles. The smallest absolute Gasteiger partial charge is 0.319 e. The number of rotatable bonds is 4. The van der Waals surface area contributed by atoms with E-state index in [0.717, 1.165) is 31.7 Å². The van der Waals surface area contributed by atoms with E-state index < -0.39 is 0 Å². The first-order chi connectivity index (χ1) is 11.7. The zero-order valence-electron chi connectivity index (χ0n) is 13.3. The summed E-state index contributed by atoms with van der Waals surface area (Å²) >= 11 is 6.03. The van der Waals surface area contributed by atoms with Crippen molar-refractivity contribution in [1.29, 1.82) is 0 Å². The van der Waals surface area contributed by atoms with E-state index in [1.54, 1.807) is 30.7 Å². The molecule has 0 aliphatic carbocycles. The molecule has 0 atom stereocenters. The second-order valence-electron chi connectivity index (χ2n) is 5.81. The third-order valence-electron chi connectivity index (χ3n) is 4.16. The Morgan fingerprint density at radius 1 is 1.25 bits per heavy atom. The number of benzene rings is 1. The van der Waals surface area contributed by atoms with Gasteiger partial charge in [0, 0.05) is 32.0 Å². The van der Waals surface area contributed by atoms with Crippen LogP contribution < -0.4 is 15.5 Å². The third kappa shape index (κ3) is 4.35. The average Bonchev–Trinajstić information content (AvgIpc) is 2.63. The number of piperidine rings is 1. The highest BCUT2D eigenvalue weighted by Crippen LogP contribution is 2.21. The van der Waals surface area contributed by atoms with E-state index in [1.807, 2.05) is 12.1 Å². The number of aromatic nitrogens is 2. The summed E-state index contributed by atoms with van der Waals surface area (Å²) in [6.07, 6.45) is 7.21. The molecule has 3 rings (SSSR count). The number of carbonyl (C=O) groups is 1. The Labute approximate surface area is 146 Å². The molecule has 0 unspecified atom stereocenters. The first-order valence-corrected chi connectivity index (χ1v) is 8.40. The first kappa shape index (κ1) is 16.5. The van der Waals surface area contributed by atoms with Gasteiger partial charge in [-0.05, 0) is 30.9 Å². The van der Waals surface area contributed by atoms with Crippen molar-refractivity contribution in [1.82, 2.24) is 15.3 Å². The van der Waals surface area contributed by atoms with E-state index in [-0.39, 0.29) is 6.03 Å². The number of halogens is 1. The Bertz CT molecular complexity index is 674. The molecule has 1 aromatic carbocycles. The topological polar surface area (TPSA) is 70.2 Å². The number of carbonyl (C=O) groups excluding carboxylic acids is 1. The van der Waals surface area contributed by atoms with E-state index in [1.165, 1.54) is 0 Å². The van der Waals surface area contributed by atoms with Gasteiger partial charge in [-0.3, -0.25) is 4.98 Å². The molecule has 7 heteroatoms. The minimum absolute atomic E-state index is 0.223. The fourth-order valence-corrected chi connectivity index (χ4v) is 2.97. The SMILES string of the molecule is O=C(NCC1CCN(c2cnccn2)CC1)Nc1ccccc1Cl. The summed E-state index contributed by atoms with van der Waals surface area (Å²) in [6.45, 7) is 2.51. The summed E-state index contributed by atoms with van der Waals surface area (Å²) in [4.78, 5) is 22.6. The average molecular weight is 346 g/mol. The number of para-hydroxylation sites is 1. The van der Waals surface area contributed by atoms with Gasteiger partial charge < -0.3 is 15.5 Å². The summed E-state index contributed by atoms with van der Waals surface area (Å²) in [5.41, 5.74) is 0.620. The van der Waals surface area contributed by atoms with Crippen molar-refractivity contribution in [2.45, 2.75) is 12.8 Å². The highest BCUT2D eigenvalue weighted by Gasteiger charge is 2.20. The van der Waals surface area contributed by atoms with Crippen LogP contribution in [0.3, 0.4) is 0 Å². The molecule has 0 saturated carbocycles. The lowest BCUT2D eigenvalue weighted by molar-refractivity contribution is 0.248. The predicted molar refractivity (Wildman–Crippen MR) is 95.4 cm³/mol. The van der Waals surface area contributed by atoms with Gasteiger partial charge in [0.2, 0.25) is 0 Å². The van der Waals surface area contributed by atoms with Crippen LogP contribution in [0.5, 0.6) is 0 Å². The molecular formula is C17H20ClN5O. The second kappa shape index (κ2) is 7.97. The van der Waals surface area contributed by atoms with Gasteiger partial charge in [-0.1, -0.05) is 23.7 Å². The number of hydrogen-bond acceptors (Lipinski definition) is 4. The molecule has 126 valence electrons. The molecule has 2 heterocycles. The van der Waals surface area contributed by atoms with Gasteiger partial charge in [0.25, 0.3) is 0 Å². The van der Waals surface area contributed by atoms with E-state index in [2.05, 4.69) is 25.5 Å². The van der Waals surface area contributed by atoms with Crippen LogP contribution in [-0.2, 0) is 0 Å². The molecule has 24 heavy (non-hydrogen) atoms. The van der Waals surface area contributed by atoms with Crippen LogP contribution in [0, 0.1) is 5.92 Å². The van der Waals surface area contributed by atoms with Crippen LogP contribution in [0.1, 0.15) is 12.8 Å². The summed E-state index contributed by atoms with van der Waals surface area (Å²) in [7, 11) is 0. The zero-order chi connectivity index (χ0) is 16.8. The van der Waals surface area contributed by atoms with Crippen LogP contribution in [0.15, 0.2) is 42.9 Å². The van der Waals surface area contributed by atoms with Crippen molar-refractivity contribution in [2.75, 3.05) is 29.9 Å². The maximum absolute atomic E-state index is 12.0. The summed E-state index contributed by atoms with van der Waals surface area (Å²) in [6, 6.07) is 6.97. The van der Waals surface area contributed by atoms with Crippen LogP contribution >= 0.6 is 11.6 Å².